The molecule has 0 radical (unpaired) electrons. The molecule has 0 spiro atoms. The van der Waals surface area contributed by atoms with Crippen LogP contribution in [0, 0.1) is 0 Å². The molecule has 2 N–H and O–H groups in total. The van der Waals surface area contributed by atoms with Gasteiger partial charge in [-0.25, -0.2) is 13.6 Å². The highest BCUT2D eigenvalue weighted by molar-refractivity contribution is 9.10. The van der Waals surface area contributed by atoms with Crippen molar-refractivity contribution in [3.8, 4) is 5.75 Å². The van der Waals surface area contributed by atoms with Gasteiger partial charge in [0.2, 0.25) is 10.0 Å². The summed E-state index contributed by atoms with van der Waals surface area (Å²) in [6, 6.07) is 3.65. The summed E-state index contributed by atoms with van der Waals surface area (Å²) in [6.07, 6.45) is -4.71. The van der Waals surface area contributed by atoms with E-state index in [1.54, 1.807) is 0 Å². The Bertz CT molecular complexity index is 547. The predicted octanol–water partition coefficient (Wildman–Crippen LogP) is 2.01. The quantitative estimate of drug-likeness (QED) is 0.811. The number of alkyl halides is 3. The summed E-state index contributed by atoms with van der Waals surface area (Å²) < 4.78 is 65.9. The Balaban J connectivity index is 2.61. The first-order chi connectivity index (χ1) is 8.59. The minimum atomic E-state index is -4.71. The Hall–Kier alpha value is -0.840. The Morgan fingerprint density at radius 3 is 2.37 bits per heavy atom. The molecule has 0 saturated carbocycles. The molecule has 1 rings (SSSR count). The van der Waals surface area contributed by atoms with Crippen molar-refractivity contribution in [1.82, 2.24) is 0 Å². The van der Waals surface area contributed by atoms with Crippen LogP contribution >= 0.6 is 15.9 Å². The van der Waals surface area contributed by atoms with E-state index >= 15 is 0 Å². The van der Waals surface area contributed by atoms with Gasteiger partial charge in [0.25, 0.3) is 0 Å². The van der Waals surface area contributed by atoms with Gasteiger partial charge in [0, 0.05) is 0 Å². The van der Waals surface area contributed by atoms with Crippen LogP contribution in [-0.2, 0) is 14.8 Å². The average molecular weight is 364 g/mol. The summed E-state index contributed by atoms with van der Waals surface area (Å²) in [7, 11) is -3.85. The normalized spacial score (nSPS) is 12.5. The molecule has 0 bridgehead atoms. The van der Waals surface area contributed by atoms with Crippen LogP contribution in [0.4, 0.5) is 13.2 Å². The van der Waals surface area contributed by atoms with Crippen molar-refractivity contribution in [2.45, 2.75) is 11.3 Å². The molecule has 0 unspecified atom stereocenters. The van der Waals surface area contributed by atoms with E-state index in [1.165, 1.54) is 18.2 Å². The van der Waals surface area contributed by atoms with E-state index in [2.05, 4.69) is 20.7 Å². The smallest absolute Gasteiger partial charge is 0.490 e. The molecule has 0 aromatic heterocycles. The van der Waals surface area contributed by atoms with Crippen LogP contribution in [-0.4, -0.2) is 28.0 Å². The molecule has 0 fully saturated rings. The van der Waals surface area contributed by atoms with E-state index in [9.17, 15) is 21.6 Å². The lowest BCUT2D eigenvalue weighted by molar-refractivity contribution is -0.325. The van der Waals surface area contributed by atoms with Gasteiger partial charge in [-0.1, -0.05) is 0 Å². The molecule has 0 amide bonds. The molecule has 1 aromatic carbocycles. The van der Waals surface area contributed by atoms with Gasteiger partial charge in [-0.2, -0.15) is 0 Å². The monoisotopic (exact) mass is 363 g/mol. The molecule has 0 aliphatic heterocycles. The number of ether oxygens (including phenoxy) is 2. The first kappa shape index (κ1) is 16.2. The summed E-state index contributed by atoms with van der Waals surface area (Å²) in [6.45, 7) is -1.01. The maximum Gasteiger partial charge on any atom is 0.522 e. The third kappa shape index (κ3) is 5.76. The second-order valence-corrected chi connectivity index (χ2v) is 5.70. The first-order valence-electron chi connectivity index (χ1n) is 4.75. The number of sulfonamides is 1. The van der Waals surface area contributed by atoms with Crippen LogP contribution in [0.2, 0.25) is 0 Å². The molecule has 5 nitrogen and oxygen atoms in total. The van der Waals surface area contributed by atoms with Gasteiger partial charge in [-0.05, 0) is 34.1 Å². The maximum atomic E-state index is 11.7. The van der Waals surface area contributed by atoms with Crippen LogP contribution in [0.25, 0.3) is 0 Å². The van der Waals surface area contributed by atoms with Crippen molar-refractivity contribution in [3.63, 3.8) is 0 Å². The summed E-state index contributed by atoms with van der Waals surface area (Å²) in [5.41, 5.74) is 0. The first-order valence-corrected chi connectivity index (χ1v) is 7.09. The third-order valence-corrected chi connectivity index (χ3v) is 3.37. The van der Waals surface area contributed by atoms with Crippen LogP contribution in [0.1, 0.15) is 0 Å². The second-order valence-electron chi connectivity index (χ2n) is 3.28. The molecule has 19 heavy (non-hydrogen) atoms. The maximum absolute atomic E-state index is 11.7. The number of rotatable bonds is 5. The fraction of sp³-hybridized carbons (Fsp3) is 0.333. The molecule has 0 saturated heterocycles. The van der Waals surface area contributed by atoms with Gasteiger partial charge < -0.3 is 4.74 Å². The second kappa shape index (κ2) is 6.07. The molecule has 0 aliphatic rings. The summed E-state index contributed by atoms with van der Waals surface area (Å²) in [5.74, 6) is 0.179. The zero-order valence-corrected chi connectivity index (χ0v) is 11.7. The SMILES string of the molecule is NS(=O)(=O)c1ccc(OCCOC(F)(F)F)c(Br)c1. The third-order valence-electron chi connectivity index (χ3n) is 1.84. The minimum Gasteiger partial charge on any atom is -0.490 e. The van der Waals surface area contributed by atoms with E-state index < -0.39 is 23.0 Å². The fourth-order valence-electron chi connectivity index (χ4n) is 1.08. The average Bonchev–Trinajstić information content (AvgIpc) is 2.23. The molecule has 10 heteroatoms. The van der Waals surface area contributed by atoms with Gasteiger partial charge in [-0.15, -0.1) is 13.2 Å². The number of halogens is 4. The number of primary sulfonamides is 1. The number of benzene rings is 1. The summed E-state index contributed by atoms with van der Waals surface area (Å²) in [5, 5.41) is 4.91. The zero-order valence-electron chi connectivity index (χ0n) is 9.28. The highest BCUT2D eigenvalue weighted by atomic mass is 79.9. The molecule has 1 aromatic rings. The summed E-state index contributed by atoms with van der Waals surface area (Å²) >= 11 is 3.02. The molecule has 0 aliphatic carbocycles. The van der Waals surface area contributed by atoms with Gasteiger partial charge in [-0.3, -0.25) is 4.74 Å². The van der Waals surface area contributed by atoms with Crippen molar-refractivity contribution in [3.05, 3.63) is 22.7 Å². The van der Waals surface area contributed by atoms with E-state index in [4.69, 9.17) is 9.88 Å². The standard InChI is InChI=1S/C9H9BrF3NO4S/c10-7-5-6(19(14,15)16)1-2-8(7)17-3-4-18-9(11,12)13/h1-2,5H,3-4H2,(H2,14,15,16). The molecular formula is C9H9BrF3NO4S. The lowest BCUT2D eigenvalue weighted by Gasteiger charge is -2.10. The van der Waals surface area contributed by atoms with Gasteiger partial charge >= 0.3 is 6.36 Å². The van der Waals surface area contributed by atoms with Crippen LogP contribution in [0.15, 0.2) is 27.6 Å². The van der Waals surface area contributed by atoms with Gasteiger partial charge in [0.1, 0.15) is 12.4 Å². The van der Waals surface area contributed by atoms with Crippen molar-refractivity contribution in [2.75, 3.05) is 13.2 Å². The van der Waals surface area contributed by atoms with Crippen molar-refractivity contribution in [1.29, 1.82) is 0 Å². The Morgan fingerprint density at radius 1 is 1.26 bits per heavy atom. The van der Waals surface area contributed by atoms with E-state index in [0.29, 0.717) is 0 Å². The molecule has 108 valence electrons. The lowest BCUT2D eigenvalue weighted by Crippen LogP contribution is -2.18. The number of nitrogens with two attached hydrogens (primary N) is 1. The molecule has 0 atom stereocenters. The minimum absolute atomic E-state index is 0.140. The molecule has 0 heterocycles. The fourth-order valence-corrected chi connectivity index (χ4v) is 2.27. The van der Waals surface area contributed by atoms with Crippen LogP contribution in [0.5, 0.6) is 5.75 Å². The predicted molar refractivity (Wildman–Crippen MR) is 63.0 cm³/mol. The van der Waals surface area contributed by atoms with E-state index in [1.807, 2.05) is 0 Å². The summed E-state index contributed by atoms with van der Waals surface area (Å²) in [4.78, 5) is -0.140. The van der Waals surface area contributed by atoms with Crippen LogP contribution in [0.3, 0.4) is 0 Å². The Labute approximate surface area is 115 Å². The Kier molecular flexibility index (Phi) is 5.18. The number of hydrogen-bond acceptors (Lipinski definition) is 4. The number of hydrogen-bond donors (Lipinski definition) is 1. The van der Waals surface area contributed by atoms with Gasteiger partial charge in [0.15, 0.2) is 0 Å². The van der Waals surface area contributed by atoms with E-state index in [-0.39, 0.29) is 21.7 Å². The highest BCUT2D eigenvalue weighted by Gasteiger charge is 2.28. The zero-order chi connectivity index (χ0) is 14.7. The highest BCUT2D eigenvalue weighted by Crippen LogP contribution is 2.27. The molecular weight excluding hydrogens is 355 g/mol. The Morgan fingerprint density at radius 2 is 1.89 bits per heavy atom. The van der Waals surface area contributed by atoms with Crippen molar-refractivity contribution in [2.24, 2.45) is 5.14 Å². The van der Waals surface area contributed by atoms with Crippen LogP contribution < -0.4 is 9.88 Å². The van der Waals surface area contributed by atoms with Crippen molar-refractivity contribution < 1.29 is 31.1 Å². The lowest BCUT2D eigenvalue weighted by atomic mass is 10.3. The van der Waals surface area contributed by atoms with Gasteiger partial charge in [0.05, 0.1) is 16.0 Å². The topological polar surface area (TPSA) is 78.6 Å². The van der Waals surface area contributed by atoms with E-state index in [0.717, 1.165) is 0 Å². The largest absolute Gasteiger partial charge is 0.522 e. The van der Waals surface area contributed by atoms with Crippen molar-refractivity contribution >= 4 is 26.0 Å².